The molecule has 0 radical (unpaired) electrons. The van der Waals surface area contributed by atoms with Gasteiger partial charge in [-0.1, -0.05) is 0 Å². The maximum Gasteiger partial charge on any atom is 0.254 e. The monoisotopic (exact) mass is 351 g/mol. The number of hydrogen-bond donors (Lipinski definition) is 2. The summed E-state index contributed by atoms with van der Waals surface area (Å²) in [4.78, 5) is 19.9. The molecule has 12 heteroatoms. The number of azo groups is 1. The van der Waals surface area contributed by atoms with E-state index < -0.39 is 5.91 Å². The molecule has 130 valence electrons. The van der Waals surface area contributed by atoms with Gasteiger partial charge in [-0.15, -0.1) is 10.2 Å². The van der Waals surface area contributed by atoms with Crippen molar-refractivity contribution < 1.29 is 4.79 Å². The highest BCUT2D eigenvalue weighted by Gasteiger charge is 2.19. The number of carbonyl (C=O) groups is 1. The Morgan fingerprint density at radius 3 is 2.73 bits per heavy atom. The van der Waals surface area contributed by atoms with Crippen molar-refractivity contribution in [2.45, 2.75) is 13.8 Å². The molecule has 0 bridgehead atoms. The van der Waals surface area contributed by atoms with E-state index in [-0.39, 0.29) is 17.3 Å². The number of aromatic amines is 1. The number of nitrogens with one attached hydrogen (secondary N) is 1. The molecule has 0 saturated heterocycles. The topological polar surface area (TPSA) is 157 Å². The van der Waals surface area contributed by atoms with E-state index in [9.17, 15) is 4.79 Å². The highest BCUT2D eigenvalue weighted by Crippen LogP contribution is 2.28. The van der Waals surface area contributed by atoms with Crippen molar-refractivity contribution in [1.82, 2.24) is 39.6 Å². The lowest BCUT2D eigenvalue weighted by molar-refractivity contribution is 0.100. The van der Waals surface area contributed by atoms with Gasteiger partial charge in [-0.25, -0.2) is 9.97 Å². The summed E-state index contributed by atoms with van der Waals surface area (Å²) in [7, 11) is 0. The van der Waals surface area contributed by atoms with E-state index >= 15 is 0 Å². The second kappa shape index (κ2) is 5.84. The molecule has 0 aliphatic carbocycles. The number of nitrogens with zero attached hydrogens (tertiary/aromatic N) is 9. The Hall–Kier alpha value is -3.96. The Morgan fingerprint density at radius 1 is 1.23 bits per heavy atom. The zero-order chi connectivity index (χ0) is 18.3. The quantitative estimate of drug-likeness (QED) is 0.525. The summed E-state index contributed by atoms with van der Waals surface area (Å²) in [6, 6.07) is 1.66. The third kappa shape index (κ3) is 2.40. The summed E-state index contributed by atoms with van der Waals surface area (Å²) in [5.41, 5.74) is 7.24. The molecule has 3 N–H and O–H groups in total. The maximum absolute atomic E-state index is 11.7. The van der Waals surface area contributed by atoms with Crippen LogP contribution in [0.15, 0.2) is 34.9 Å². The van der Waals surface area contributed by atoms with Crippen molar-refractivity contribution in [3.63, 3.8) is 0 Å². The van der Waals surface area contributed by atoms with Gasteiger partial charge >= 0.3 is 0 Å². The molecule has 1 amide bonds. The van der Waals surface area contributed by atoms with Gasteiger partial charge in [0.1, 0.15) is 11.4 Å². The number of rotatable bonds is 4. The second-order valence-electron chi connectivity index (χ2n) is 5.37. The lowest BCUT2D eigenvalue weighted by atomic mass is 10.3. The summed E-state index contributed by atoms with van der Waals surface area (Å²) < 4.78 is 2.91. The summed E-state index contributed by atoms with van der Waals surface area (Å²) in [5, 5.41) is 23.8. The number of carbonyl (C=O) groups excluding carboxylic acids is 1. The average Bonchev–Trinajstić information content (AvgIpc) is 3.29. The first-order valence-corrected chi connectivity index (χ1v) is 7.53. The van der Waals surface area contributed by atoms with Gasteiger partial charge in [-0.2, -0.15) is 24.5 Å². The predicted molar refractivity (Wildman–Crippen MR) is 88.7 cm³/mol. The molecule has 12 nitrogen and oxygen atoms in total. The number of nitrogens with two attached hydrogens (primary N) is 1. The normalized spacial score (nSPS) is 11.6. The first-order chi connectivity index (χ1) is 12.6. The van der Waals surface area contributed by atoms with Crippen LogP contribution < -0.4 is 5.73 Å². The highest BCUT2D eigenvalue weighted by atomic mass is 16.1. The Balaban J connectivity index is 1.84. The fourth-order valence-corrected chi connectivity index (χ4v) is 2.41. The van der Waals surface area contributed by atoms with Gasteiger partial charge in [0.15, 0.2) is 17.2 Å². The molecule has 26 heavy (non-hydrogen) atoms. The lowest BCUT2D eigenvalue weighted by Crippen LogP contribution is -2.10. The van der Waals surface area contributed by atoms with Crippen LogP contribution in [-0.4, -0.2) is 45.5 Å². The standard InChI is InChI=1S/C14H13N11O/c1-7-10(13-22-19-8(2)24(13)23-7)20-21-12-9(11(15)26)6-18-25(12)14-16-4-3-5-17-14/h3-6,22H,1-2H3,(H2,15,26)/b21-20+. The van der Waals surface area contributed by atoms with E-state index in [4.69, 9.17) is 5.73 Å². The fourth-order valence-electron chi connectivity index (χ4n) is 2.41. The highest BCUT2D eigenvalue weighted by molar-refractivity contribution is 5.97. The van der Waals surface area contributed by atoms with Crippen LogP contribution in [0, 0.1) is 13.8 Å². The third-order valence-electron chi connectivity index (χ3n) is 3.65. The summed E-state index contributed by atoms with van der Waals surface area (Å²) in [6.45, 7) is 3.60. The number of H-pyrrole nitrogens is 1. The SMILES string of the molecule is Cc1nn2c(C)n[nH]c2c1/N=N/c1c(C(N)=O)cnn1-c1ncccn1. The molecule has 0 aliphatic rings. The molecule has 0 fully saturated rings. The van der Waals surface area contributed by atoms with Gasteiger partial charge in [-0.3, -0.25) is 9.89 Å². The van der Waals surface area contributed by atoms with Crippen molar-refractivity contribution in [3.05, 3.63) is 41.7 Å². The summed E-state index contributed by atoms with van der Waals surface area (Å²) in [6.07, 6.45) is 4.40. The van der Waals surface area contributed by atoms with E-state index in [0.717, 1.165) is 0 Å². The number of primary amides is 1. The minimum atomic E-state index is -0.685. The molecule has 4 heterocycles. The molecule has 4 aromatic rings. The smallest absolute Gasteiger partial charge is 0.254 e. The number of fused-ring (bicyclic) bond motifs is 1. The van der Waals surface area contributed by atoms with E-state index in [1.165, 1.54) is 10.9 Å². The third-order valence-corrected chi connectivity index (χ3v) is 3.65. The predicted octanol–water partition coefficient (Wildman–Crippen LogP) is 1.16. The number of amides is 1. The van der Waals surface area contributed by atoms with E-state index in [2.05, 4.69) is 40.6 Å². The minimum absolute atomic E-state index is 0.100. The van der Waals surface area contributed by atoms with E-state index in [0.29, 0.717) is 22.9 Å². The van der Waals surface area contributed by atoms with Crippen LogP contribution in [0.3, 0.4) is 0 Å². The molecular formula is C14H13N11O. The molecule has 0 spiro atoms. The minimum Gasteiger partial charge on any atom is -0.365 e. The van der Waals surface area contributed by atoms with Crippen molar-refractivity contribution >= 4 is 23.1 Å². The molecule has 0 aliphatic heterocycles. The van der Waals surface area contributed by atoms with Gasteiger partial charge in [0.25, 0.3) is 11.9 Å². The van der Waals surface area contributed by atoms with Crippen LogP contribution >= 0.6 is 0 Å². The lowest BCUT2D eigenvalue weighted by Gasteiger charge is -2.01. The summed E-state index contributed by atoms with van der Waals surface area (Å²) in [5.74, 6) is 0.363. The van der Waals surface area contributed by atoms with Crippen LogP contribution in [0.4, 0.5) is 11.5 Å². The Bertz CT molecular complexity index is 1130. The zero-order valence-electron chi connectivity index (χ0n) is 13.8. The first-order valence-electron chi connectivity index (χ1n) is 7.53. The molecule has 0 aromatic carbocycles. The van der Waals surface area contributed by atoms with Crippen molar-refractivity contribution in [2.75, 3.05) is 0 Å². The van der Waals surface area contributed by atoms with Crippen LogP contribution in [-0.2, 0) is 0 Å². The summed E-state index contributed by atoms with van der Waals surface area (Å²) >= 11 is 0. The number of hydrogen-bond acceptors (Lipinski definition) is 8. The first kappa shape index (κ1) is 15.6. The van der Waals surface area contributed by atoms with Crippen molar-refractivity contribution in [1.29, 1.82) is 0 Å². The van der Waals surface area contributed by atoms with Crippen molar-refractivity contribution in [3.8, 4) is 5.95 Å². The van der Waals surface area contributed by atoms with Gasteiger partial charge in [0, 0.05) is 12.4 Å². The van der Waals surface area contributed by atoms with Gasteiger partial charge < -0.3 is 5.73 Å². The molecule has 4 rings (SSSR count). The van der Waals surface area contributed by atoms with Crippen molar-refractivity contribution in [2.24, 2.45) is 16.0 Å². The molecule has 0 atom stereocenters. The van der Waals surface area contributed by atoms with E-state index in [1.54, 1.807) is 29.9 Å². The molecule has 0 saturated carbocycles. The zero-order valence-corrected chi connectivity index (χ0v) is 13.8. The van der Waals surface area contributed by atoms with Crippen LogP contribution in [0.2, 0.25) is 0 Å². The van der Waals surface area contributed by atoms with Crippen LogP contribution in [0.1, 0.15) is 21.9 Å². The number of aromatic nitrogens is 8. The van der Waals surface area contributed by atoms with Gasteiger partial charge in [-0.05, 0) is 19.9 Å². The van der Waals surface area contributed by atoms with Gasteiger partial charge in [0.05, 0.1) is 11.9 Å². The average molecular weight is 351 g/mol. The van der Waals surface area contributed by atoms with E-state index in [1.807, 2.05) is 6.92 Å². The Labute approximate surface area is 145 Å². The second-order valence-corrected chi connectivity index (χ2v) is 5.37. The van der Waals surface area contributed by atoms with Crippen LogP contribution in [0.5, 0.6) is 0 Å². The number of aryl methyl sites for hydroxylation is 2. The molecule has 0 unspecified atom stereocenters. The maximum atomic E-state index is 11.7. The Morgan fingerprint density at radius 2 is 2.00 bits per heavy atom. The largest absolute Gasteiger partial charge is 0.365 e. The fraction of sp³-hybridized carbons (Fsp3) is 0.143. The molecule has 4 aromatic heterocycles. The van der Waals surface area contributed by atoms with Gasteiger partial charge in [0.2, 0.25) is 0 Å². The van der Waals surface area contributed by atoms with Crippen LogP contribution in [0.25, 0.3) is 11.6 Å². The molecular weight excluding hydrogens is 338 g/mol. The Kier molecular flexibility index (Phi) is 3.49.